The van der Waals surface area contributed by atoms with E-state index in [1.54, 1.807) is 12.1 Å². The Morgan fingerprint density at radius 3 is 1.90 bits per heavy atom. The molecule has 4 atom stereocenters. The van der Waals surface area contributed by atoms with Crippen LogP contribution in [0.5, 0.6) is 0 Å². The van der Waals surface area contributed by atoms with E-state index in [1.807, 2.05) is 6.92 Å². The number of halogens is 7. The molecule has 0 bridgehead atoms. The zero-order valence-corrected chi connectivity index (χ0v) is 16.3. The maximum absolute atomic E-state index is 13.3. The Bertz CT molecular complexity index is 838. The highest BCUT2D eigenvalue weighted by atomic mass is 19.4. The maximum atomic E-state index is 13.3. The van der Waals surface area contributed by atoms with Crippen molar-refractivity contribution in [2.75, 3.05) is 0 Å². The average Bonchev–Trinajstić information content (AvgIpc) is 3.01. The lowest BCUT2D eigenvalue weighted by atomic mass is 9.88. The van der Waals surface area contributed by atoms with Crippen molar-refractivity contribution >= 4 is 0 Å². The summed E-state index contributed by atoms with van der Waals surface area (Å²) in [6.07, 6.45) is -9.80. The first-order chi connectivity index (χ1) is 13.9. The lowest BCUT2D eigenvalue weighted by Crippen LogP contribution is -2.22. The van der Waals surface area contributed by atoms with Crippen molar-refractivity contribution in [3.05, 3.63) is 70.5 Å². The fourth-order valence-corrected chi connectivity index (χ4v) is 4.09. The van der Waals surface area contributed by atoms with Crippen molar-refractivity contribution in [3.63, 3.8) is 0 Å². The van der Waals surface area contributed by atoms with Gasteiger partial charge in [0.15, 0.2) is 0 Å². The van der Waals surface area contributed by atoms with Gasteiger partial charge < -0.3 is 4.74 Å². The summed E-state index contributed by atoms with van der Waals surface area (Å²) in [4.78, 5) is 0. The van der Waals surface area contributed by atoms with Crippen molar-refractivity contribution in [1.29, 1.82) is 0 Å². The van der Waals surface area contributed by atoms with Gasteiger partial charge in [-0.15, -0.1) is 0 Å². The summed E-state index contributed by atoms with van der Waals surface area (Å²) in [6.45, 7) is 3.44. The van der Waals surface area contributed by atoms with Gasteiger partial charge in [0.25, 0.3) is 0 Å². The van der Waals surface area contributed by atoms with Crippen LogP contribution in [-0.4, -0.2) is 6.10 Å². The molecule has 8 heteroatoms. The first-order valence-corrected chi connectivity index (χ1v) is 9.56. The normalized spacial score (nSPS) is 23.6. The quantitative estimate of drug-likeness (QED) is 0.452. The summed E-state index contributed by atoms with van der Waals surface area (Å²) in [6, 6.07) is 7.42. The molecule has 3 rings (SSSR count). The summed E-state index contributed by atoms with van der Waals surface area (Å²) >= 11 is 0. The van der Waals surface area contributed by atoms with Gasteiger partial charge in [-0.1, -0.05) is 19.1 Å². The van der Waals surface area contributed by atoms with E-state index in [1.165, 1.54) is 19.1 Å². The van der Waals surface area contributed by atoms with Crippen LogP contribution < -0.4 is 0 Å². The SMILES string of the molecule is C[C@@H]1CC[C@H](O[C@H](C)c2cc(C(F)(F)F)cc(C(F)(F)F)c2)[C@H]1c1ccc(F)cc1. The van der Waals surface area contributed by atoms with Gasteiger partial charge in [0, 0.05) is 5.92 Å². The predicted octanol–water partition coefficient (Wildman–Crippen LogP) is 7.52. The molecule has 1 saturated carbocycles. The molecule has 0 aromatic heterocycles. The first-order valence-electron chi connectivity index (χ1n) is 9.56. The van der Waals surface area contributed by atoms with E-state index < -0.39 is 35.7 Å². The molecule has 164 valence electrons. The summed E-state index contributed by atoms with van der Waals surface area (Å²) in [5.74, 6) is -0.334. The molecule has 0 amide bonds. The van der Waals surface area contributed by atoms with E-state index in [0.717, 1.165) is 12.0 Å². The second-order valence-corrected chi connectivity index (χ2v) is 7.79. The minimum Gasteiger partial charge on any atom is -0.370 e. The molecule has 2 aromatic rings. The lowest BCUT2D eigenvalue weighted by Gasteiger charge is -2.27. The summed E-state index contributed by atoms with van der Waals surface area (Å²) < 4.78 is 98.0. The highest BCUT2D eigenvalue weighted by Gasteiger charge is 2.39. The molecule has 2 aromatic carbocycles. The standard InChI is InChI=1S/C22H21F7O/c1-12-3-8-19(20(12)14-4-6-18(23)7-5-14)30-13(2)15-9-16(21(24,25)26)11-17(10-15)22(27,28)29/h4-7,9-13,19-20H,3,8H2,1-2H3/t12-,13-,19+,20-/m1/s1. The van der Waals surface area contributed by atoms with Gasteiger partial charge in [-0.05, 0) is 67.1 Å². The molecule has 1 fully saturated rings. The van der Waals surface area contributed by atoms with E-state index in [2.05, 4.69) is 0 Å². The summed E-state index contributed by atoms with van der Waals surface area (Å²) in [5.41, 5.74) is -2.08. The molecule has 0 N–H and O–H groups in total. The van der Waals surface area contributed by atoms with E-state index in [9.17, 15) is 30.7 Å². The number of rotatable bonds is 4. The Labute approximate surface area is 169 Å². The summed E-state index contributed by atoms with van der Waals surface area (Å²) in [5, 5.41) is 0. The Morgan fingerprint density at radius 2 is 1.40 bits per heavy atom. The second kappa shape index (κ2) is 8.21. The van der Waals surface area contributed by atoms with Crippen molar-refractivity contribution in [2.24, 2.45) is 5.92 Å². The van der Waals surface area contributed by atoms with Crippen LogP contribution in [0, 0.1) is 11.7 Å². The molecule has 0 aliphatic heterocycles. The molecular weight excluding hydrogens is 413 g/mol. The van der Waals surface area contributed by atoms with E-state index in [4.69, 9.17) is 4.74 Å². The largest absolute Gasteiger partial charge is 0.416 e. The third kappa shape index (κ3) is 4.96. The van der Waals surface area contributed by atoms with Gasteiger partial charge in [-0.2, -0.15) is 26.3 Å². The molecule has 0 radical (unpaired) electrons. The van der Waals surface area contributed by atoms with Crippen LogP contribution in [0.4, 0.5) is 30.7 Å². The van der Waals surface area contributed by atoms with Crippen molar-refractivity contribution in [2.45, 2.75) is 57.2 Å². The van der Waals surface area contributed by atoms with Gasteiger partial charge in [0.05, 0.1) is 23.3 Å². The van der Waals surface area contributed by atoms with Gasteiger partial charge in [-0.25, -0.2) is 4.39 Å². The van der Waals surface area contributed by atoms with E-state index in [-0.39, 0.29) is 29.3 Å². The Balaban J connectivity index is 1.89. The number of benzene rings is 2. The second-order valence-electron chi connectivity index (χ2n) is 7.79. The number of hydrogen-bond donors (Lipinski definition) is 0. The predicted molar refractivity (Wildman–Crippen MR) is 97.3 cm³/mol. The molecule has 1 nitrogen and oxygen atoms in total. The number of alkyl halides is 6. The minimum absolute atomic E-state index is 0.106. The molecule has 1 aliphatic rings. The number of ether oxygens (including phenoxy) is 1. The van der Waals surface area contributed by atoms with Crippen LogP contribution in [0.1, 0.15) is 61.0 Å². The van der Waals surface area contributed by atoms with Crippen LogP contribution >= 0.6 is 0 Å². The first kappa shape index (κ1) is 22.6. The number of hydrogen-bond acceptors (Lipinski definition) is 1. The van der Waals surface area contributed by atoms with Crippen molar-refractivity contribution in [1.82, 2.24) is 0 Å². The van der Waals surface area contributed by atoms with Crippen molar-refractivity contribution in [3.8, 4) is 0 Å². The minimum atomic E-state index is -4.91. The zero-order chi connectivity index (χ0) is 22.3. The Kier molecular flexibility index (Phi) is 6.18. The average molecular weight is 434 g/mol. The molecule has 0 spiro atoms. The monoisotopic (exact) mass is 434 g/mol. The fourth-order valence-electron chi connectivity index (χ4n) is 4.09. The van der Waals surface area contributed by atoms with Crippen LogP contribution in [-0.2, 0) is 17.1 Å². The van der Waals surface area contributed by atoms with Gasteiger partial charge in [0.2, 0.25) is 0 Å². The van der Waals surface area contributed by atoms with Crippen molar-refractivity contribution < 1.29 is 35.5 Å². The lowest BCUT2D eigenvalue weighted by molar-refractivity contribution is -0.143. The third-order valence-corrected chi connectivity index (χ3v) is 5.63. The zero-order valence-electron chi connectivity index (χ0n) is 16.3. The van der Waals surface area contributed by atoms with Gasteiger partial charge in [0.1, 0.15) is 5.82 Å². The topological polar surface area (TPSA) is 9.23 Å². The van der Waals surface area contributed by atoms with Crippen LogP contribution in [0.15, 0.2) is 42.5 Å². The fraction of sp³-hybridized carbons (Fsp3) is 0.455. The third-order valence-electron chi connectivity index (χ3n) is 5.63. The molecule has 1 aliphatic carbocycles. The van der Waals surface area contributed by atoms with Crippen LogP contribution in [0.3, 0.4) is 0 Å². The highest BCUT2D eigenvalue weighted by molar-refractivity contribution is 5.35. The van der Waals surface area contributed by atoms with E-state index >= 15 is 0 Å². The Morgan fingerprint density at radius 1 is 0.867 bits per heavy atom. The molecule has 0 heterocycles. The maximum Gasteiger partial charge on any atom is 0.416 e. The molecular formula is C22H21F7O. The van der Waals surface area contributed by atoms with Crippen LogP contribution in [0.2, 0.25) is 0 Å². The van der Waals surface area contributed by atoms with Gasteiger partial charge in [-0.3, -0.25) is 0 Å². The molecule has 30 heavy (non-hydrogen) atoms. The van der Waals surface area contributed by atoms with E-state index in [0.29, 0.717) is 18.6 Å². The highest BCUT2D eigenvalue weighted by Crippen LogP contribution is 2.44. The van der Waals surface area contributed by atoms with Crippen LogP contribution in [0.25, 0.3) is 0 Å². The smallest absolute Gasteiger partial charge is 0.370 e. The molecule has 0 unspecified atom stereocenters. The molecule has 0 saturated heterocycles. The summed E-state index contributed by atoms with van der Waals surface area (Å²) in [7, 11) is 0. The van der Waals surface area contributed by atoms with Gasteiger partial charge >= 0.3 is 12.4 Å². The Hall–Kier alpha value is -2.09.